The molecule has 2 aromatic rings. The summed E-state index contributed by atoms with van der Waals surface area (Å²) in [6, 6.07) is -0.279. The first-order valence-corrected chi connectivity index (χ1v) is 7.89. The molecule has 0 fully saturated rings. The summed E-state index contributed by atoms with van der Waals surface area (Å²) < 4.78 is 62.6. The van der Waals surface area contributed by atoms with Crippen molar-refractivity contribution in [2.45, 2.75) is 26.2 Å². The van der Waals surface area contributed by atoms with Crippen molar-refractivity contribution in [3.8, 4) is 5.75 Å². The monoisotopic (exact) mass is 389 g/mol. The number of nitrogens with zero attached hydrogens (tertiary/aromatic N) is 1. The average Bonchev–Trinajstić information content (AvgIpc) is 2.63. The molecule has 0 saturated heterocycles. The lowest BCUT2D eigenvalue weighted by molar-refractivity contribution is -0.127. The van der Waals surface area contributed by atoms with Crippen molar-refractivity contribution in [3.63, 3.8) is 0 Å². The number of halogens is 3. The first kappa shape index (κ1) is 20.7. The molecule has 1 aromatic carbocycles. The van der Waals surface area contributed by atoms with Gasteiger partial charge in [0.15, 0.2) is 29.5 Å². The molecule has 1 atom stereocenters. The van der Waals surface area contributed by atoms with E-state index in [1.54, 1.807) is 0 Å². The van der Waals surface area contributed by atoms with Crippen LogP contribution in [0.4, 0.5) is 18.0 Å². The van der Waals surface area contributed by atoms with E-state index in [1.165, 1.54) is 28.1 Å². The Morgan fingerprint density at radius 1 is 1.19 bits per heavy atom. The lowest BCUT2D eigenvalue weighted by atomic mass is 10.1. The highest BCUT2D eigenvalue weighted by atomic mass is 19.2. The molecule has 27 heavy (non-hydrogen) atoms. The fourth-order valence-electron chi connectivity index (χ4n) is 2.65. The molecular formula is C17H18F3NO6. The van der Waals surface area contributed by atoms with E-state index in [4.69, 9.17) is 14.2 Å². The quantitative estimate of drug-likeness (QED) is 0.429. The van der Waals surface area contributed by atoms with E-state index in [1.807, 2.05) is 0 Å². The highest BCUT2D eigenvalue weighted by Crippen LogP contribution is 2.28. The van der Waals surface area contributed by atoms with Crippen LogP contribution in [0, 0.1) is 17.5 Å². The van der Waals surface area contributed by atoms with Gasteiger partial charge in [-0.1, -0.05) is 0 Å². The third kappa shape index (κ3) is 3.91. The Balaban J connectivity index is 2.80. The number of carbonyl (C=O) groups excluding carboxylic acids is 1. The smallest absolute Gasteiger partial charge is 0.434 e. The van der Waals surface area contributed by atoms with Crippen LogP contribution in [0.3, 0.4) is 0 Å². The van der Waals surface area contributed by atoms with Gasteiger partial charge in [0, 0.05) is 14.2 Å². The van der Waals surface area contributed by atoms with E-state index in [0.29, 0.717) is 6.07 Å². The molecule has 0 spiro atoms. The Labute approximate surface area is 152 Å². The molecule has 1 unspecified atom stereocenters. The normalized spacial score (nSPS) is 12.4. The van der Waals surface area contributed by atoms with Crippen LogP contribution in [0.1, 0.15) is 19.9 Å². The number of methoxy groups -OCH3 is 2. The van der Waals surface area contributed by atoms with Crippen molar-refractivity contribution in [1.82, 2.24) is 4.57 Å². The maximum Gasteiger partial charge on any atom is 0.514 e. The zero-order valence-electron chi connectivity index (χ0n) is 15.0. The highest BCUT2D eigenvalue weighted by Gasteiger charge is 2.26. The van der Waals surface area contributed by atoms with Gasteiger partial charge in [-0.15, -0.1) is 0 Å². The molecule has 0 bridgehead atoms. The van der Waals surface area contributed by atoms with Crippen LogP contribution >= 0.6 is 0 Å². The predicted octanol–water partition coefficient (Wildman–Crippen LogP) is 3.13. The van der Waals surface area contributed by atoms with Crippen LogP contribution in [0.25, 0.3) is 10.9 Å². The molecule has 10 heteroatoms. The summed E-state index contributed by atoms with van der Waals surface area (Å²) in [6.45, 7) is 3.04. The first-order chi connectivity index (χ1) is 12.8. The lowest BCUT2D eigenvalue weighted by Gasteiger charge is -2.26. The molecule has 0 N–H and O–H groups in total. The van der Waals surface area contributed by atoms with Crippen LogP contribution in [0.2, 0.25) is 0 Å². The van der Waals surface area contributed by atoms with Crippen molar-refractivity contribution in [2.75, 3.05) is 20.8 Å². The summed E-state index contributed by atoms with van der Waals surface area (Å²) in [4.78, 5) is 24.1. The number of ether oxygens (including phenoxy) is 4. The van der Waals surface area contributed by atoms with Gasteiger partial charge in [-0.25, -0.2) is 18.0 Å². The van der Waals surface area contributed by atoms with Gasteiger partial charge in [0.2, 0.25) is 5.43 Å². The standard InChI is InChI=1S/C17H18F3NO6/c1-5-26-17(23)27-11-7-21(8(2)16(24-3)25-4)14-9(15(11)22)6-10(18)12(19)13(14)20/h6-8,16H,5H2,1-4H3. The molecule has 2 rings (SSSR count). The van der Waals surface area contributed by atoms with E-state index in [2.05, 4.69) is 4.74 Å². The van der Waals surface area contributed by atoms with E-state index < -0.39 is 58.0 Å². The van der Waals surface area contributed by atoms with Crippen LogP contribution < -0.4 is 10.2 Å². The van der Waals surface area contributed by atoms with Gasteiger partial charge in [0.05, 0.1) is 29.7 Å². The molecule has 0 aliphatic heterocycles. The minimum Gasteiger partial charge on any atom is -0.434 e. The van der Waals surface area contributed by atoms with Crippen molar-refractivity contribution in [2.24, 2.45) is 0 Å². The number of benzene rings is 1. The molecular weight excluding hydrogens is 371 g/mol. The summed E-state index contributed by atoms with van der Waals surface area (Å²) in [5, 5.41) is -0.522. The SMILES string of the molecule is CCOC(=O)Oc1cn(C(C)C(OC)OC)c2c(F)c(F)c(F)cc2c1=O. The van der Waals surface area contributed by atoms with E-state index in [0.717, 1.165) is 10.8 Å². The van der Waals surface area contributed by atoms with Gasteiger partial charge >= 0.3 is 6.16 Å². The topological polar surface area (TPSA) is 76.0 Å². The summed E-state index contributed by atoms with van der Waals surface area (Å²) in [7, 11) is 2.64. The van der Waals surface area contributed by atoms with Crippen LogP contribution in [-0.2, 0) is 14.2 Å². The Bertz CT molecular complexity index is 910. The van der Waals surface area contributed by atoms with Crippen LogP contribution in [-0.4, -0.2) is 37.8 Å². The fourth-order valence-corrected chi connectivity index (χ4v) is 2.65. The molecule has 1 heterocycles. The lowest BCUT2D eigenvalue weighted by Crippen LogP contribution is -2.28. The maximum atomic E-state index is 14.5. The third-order valence-electron chi connectivity index (χ3n) is 3.87. The van der Waals surface area contributed by atoms with Gasteiger partial charge in [-0.2, -0.15) is 0 Å². The molecule has 0 amide bonds. The number of fused-ring (bicyclic) bond motifs is 1. The van der Waals surface area contributed by atoms with Crippen LogP contribution in [0.5, 0.6) is 5.75 Å². The van der Waals surface area contributed by atoms with Gasteiger partial charge < -0.3 is 23.5 Å². The second-order valence-corrected chi connectivity index (χ2v) is 5.48. The summed E-state index contributed by atoms with van der Waals surface area (Å²) in [6.07, 6.45) is -1.12. The molecule has 0 aliphatic carbocycles. The minimum absolute atomic E-state index is 0.0130. The molecule has 0 aliphatic rings. The van der Waals surface area contributed by atoms with Crippen molar-refractivity contribution in [3.05, 3.63) is 39.9 Å². The average molecular weight is 389 g/mol. The molecule has 148 valence electrons. The van der Waals surface area contributed by atoms with E-state index in [9.17, 15) is 22.8 Å². The van der Waals surface area contributed by atoms with E-state index >= 15 is 0 Å². The molecule has 0 radical (unpaired) electrons. The zero-order chi connectivity index (χ0) is 20.3. The number of pyridine rings is 1. The second kappa shape index (κ2) is 8.40. The van der Waals surface area contributed by atoms with E-state index in [-0.39, 0.29) is 6.61 Å². The van der Waals surface area contributed by atoms with Gasteiger partial charge in [0.25, 0.3) is 0 Å². The zero-order valence-corrected chi connectivity index (χ0v) is 15.0. The first-order valence-electron chi connectivity index (χ1n) is 7.89. The Morgan fingerprint density at radius 3 is 2.37 bits per heavy atom. The fraction of sp³-hybridized carbons (Fsp3) is 0.412. The minimum atomic E-state index is -1.74. The Kier molecular flexibility index (Phi) is 6.45. The van der Waals surface area contributed by atoms with Crippen molar-refractivity contribution in [1.29, 1.82) is 0 Å². The van der Waals surface area contributed by atoms with Gasteiger partial charge in [-0.05, 0) is 19.9 Å². The predicted molar refractivity (Wildman–Crippen MR) is 88.2 cm³/mol. The molecule has 1 aromatic heterocycles. The highest BCUT2D eigenvalue weighted by molar-refractivity contribution is 5.82. The largest absolute Gasteiger partial charge is 0.514 e. The van der Waals surface area contributed by atoms with Crippen molar-refractivity contribution < 1.29 is 36.9 Å². The summed E-state index contributed by atoms with van der Waals surface area (Å²) >= 11 is 0. The number of carbonyl (C=O) groups is 1. The molecule has 0 saturated carbocycles. The summed E-state index contributed by atoms with van der Waals surface area (Å²) in [5.74, 6) is -5.42. The number of hydrogen-bond donors (Lipinski definition) is 0. The van der Waals surface area contributed by atoms with Crippen LogP contribution in [0.15, 0.2) is 17.1 Å². The maximum absolute atomic E-state index is 14.5. The Morgan fingerprint density at radius 2 is 1.81 bits per heavy atom. The second-order valence-electron chi connectivity index (χ2n) is 5.48. The third-order valence-corrected chi connectivity index (χ3v) is 3.87. The van der Waals surface area contributed by atoms with Gasteiger partial charge in [0.1, 0.15) is 0 Å². The van der Waals surface area contributed by atoms with Crippen molar-refractivity contribution >= 4 is 17.1 Å². The Hall–Kier alpha value is -2.59. The van der Waals surface area contributed by atoms with Gasteiger partial charge in [-0.3, -0.25) is 4.79 Å². The number of hydrogen-bond acceptors (Lipinski definition) is 6. The molecule has 7 nitrogen and oxygen atoms in total. The summed E-state index contributed by atoms with van der Waals surface area (Å²) in [5.41, 5.74) is -1.53. The number of aromatic nitrogens is 1. The number of rotatable bonds is 6.